The number of rotatable bonds is 4. The molecule has 1 atom stereocenters. The Balaban J connectivity index is 2.72. The topological polar surface area (TPSA) is 69.9 Å². The summed E-state index contributed by atoms with van der Waals surface area (Å²) in [7, 11) is 0. The molecular weight excluding hydrogens is 182 g/mol. The molecule has 1 rings (SSSR count). The van der Waals surface area contributed by atoms with Gasteiger partial charge in [-0.25, -0.2) is 9.79 Å². The van der Waals surface area contributed by atoms with Crippen LogP contribution in [-0.4, -0.2) is 22.9 Å². The summed E-state index contributed by atoms with van der Waals surface area (Å²) in [5.41, 5.74) is 1.51. The molecule has 4 nitrogen and oxygen atoms in total. The van der Waals surface area contributed by atoms with E-state index in [1.807, 2.05) is 0 Å². The monoisotopic (exact) mass is 193 g/mol. The van der Waals surface area contributed by atoms with E-state index in [0.717, 1.165) is 5.56 Å². The first-order valence-electron chi connectivity index (χ1n) is 4.19. The number of aliphatic hydroxyl groups is 2. The number of benzene rings is 1. The fourth-order valence-electron chi connectivity index (χ4n) is 1.07. The second-order valence-electron chi connectivity index (χ2n) is 2.85. The van der Waals surface area contributed by atoms with Gasteiger partial charge in [-0.15, -0.1) is 0 Å². The van der Waals surface area contributed by atoms with Crippen molar-refractivity contribution in [1.29, 1.82) is 0 Å². The minimum Gasteiger partial charge on any atom is -0.393 e. The van der Waals surface area contributed by atoms with Crippen molar-refractivity contribution in [2.24, 2.45) is 4.99 Å². The Labute approximate surface area is 81.5 Å². The van der Waals surface area contributed by atoms with E-state index in [0.29, 0.717) is 12.1 Å². The molecule has 0 aliphatic rings. The fourth-order valence-corrected chi connectivity index (χ4v) is 1.07. The molecule has 74 valence electrons. The second-order valence-corrected chi connectivity index (χ2v) is 2.85. The largest absolute Gasteiger partial charge is 0.393 e. The highest BCUT2D eigenvalue weighted by Gasteiger charge is 2.04. The molecule has 14 heavy (non-hydrogen) atoms. The molecular formula is C10H11NO3. The molecule has 0 saturated carbocycles. The molecule has 4 heteroatoms. The van der Waals surface area contributed by atoms with Crippen molar-refractivity contribution >= 4 is 6.08 Å². The summed E-state index contributed by atoms with van der Waals surface area (Å²) in [6, 6.07) is 6.87. The zero-order chi connectivity index (χ0) is 10.4. The van der Waals surface area contributed by atoms with Gasteiger partial charge in [0.1, 0.15) is 6.10 Å². The molecule has 0 aromatic heterocycles. The Hall–Kier alpha value is -1.48. The van der Waals surface area contributed by atoms with E-state index in [-0.39, 0.29) is 6.61 Å². The first kappa shape index (κ1) is 10.6. The van der Waals surface area contributed by atoms with Crippen molar-refractivity contribution in [3.63, 3.8) is 0 Å². The maximum Gasteiger partial charge on any atom is 0.235 e. The molecule has 1 aromatic carbocycles. The van der Waals surface area contributed by atoms with Gasteiger partial charge in [-0.2, -0.15) is 0 Å². The van der Waals surface area contributed by atoms with Crippen molar-refractivity contribution in [3.05, 3.63) is 35.4 Å². The van der Waals surface area contributed by atoms with Crippen LogP contribution in [0.4, 0.5) is 0 Å². The normalized spacial score (nSPS) is 11.9. The number of carbonyl (C=O) groups excluding carboxylic acids is 1. The smallest absolute Gasteiger partial charge is 0.235 e. The predicted molar refractivity (Wildman–Crippen MR) is 50.3 cm³/mol. The van der Waals surface area contributed by atoms with Crippen LogP contribution in [0.25, 0.3) is 0 Å². The number of isocyanates is 1. The summed E-state index contributed by atoms with van der Waals surface area (Å²) in [4.78, 5) is 13.3. The molecule has 0 saturated heterocycles. The SMILES string of the molecule is O=C=NCc1ccc(C(O)CO)cc1. The van der Waals surface area contributed by atoms with Crippen molar-refractivity contribution in [3.8, 4) is 0 Å². The molecule has 0 bridgehead atoms. The summed E-state index contributed by atoms with van der Waals surface area (Å²) in [5.74, 6) is 0. The maximum atomic E-state index is 9.83. The Bertz CT molecular complexity index is 328. The Morgan fingerprint density at radius 1 is 1.36 bits per heavy atom. The number of aliphatic hydroxyl groups excluding tert-OH is 2. The van der Waals surface area contributed by atoms with Gasteiger partial charge in [0, 0.05) is 0 Å². The lowest BCUT2D eigenvalue weighted by Crippen LogP contribution is -2.02. The van der Waals surface area contributed by atoms with E-state index in [4.69, 9.17) is 5.11 Å². The van der Waals surface area contributed by atoms with Crippen LogP contribution in [0.2, 0.25) is 0 Å². The second kappa shape index (κ2) is 5.29. The number of hydrogen-bond acceptors (Lipinski definition) is 4. The number of hydrogen-bond donors (Lipinski definition) is 2. The third-order valence-corrected chi connectivity index (χ3v) is 1.86. The molecule has 1 aromatic rings. The Morgan fingerprint density at radius 2 is 2.00 bits per heavy atom. The highest BCUT2D eigenvalue weighted by molar-refractivity contribution is 5.34. The molecule has 0 heterocycles. The van der Waals surface area contributed by atoms with E-state index in [2.05, 4.69) is 4.99 Å². The zero-order valence-electron chi connectivity index (χ0n) is 7.55. The Morgan fingerprint density at radius 3 is 2.50 bits per heavy atom. The lowest BCUT2D eigenvalue weighted by Gasteiger charge is -2.07. The van der Waals surface area contributed by atoms with Gasteiger partial charge in [0.05, 0.1) is 13.2 Å². The van der Waals surface area contributed by atoms with Gasteiger partial charge >= 0.3 is 0 Å². The lowest BCUT2D eigenvalue weighted by molar-refractivity contribution is 0.0956. The van der Waals surface area contributed by atoms with Gasteiger partial charge in [-0.05, 0) is 11.1 Å². The number of nitrogens with zero attached hydrogens (tertiary/aromatic N) is 1. The maximum absolute atomic E-state index is 9.83. The molecule has 0 spiro atoms. The summed E-state index contributed by atoms with van der Waals surface area (Å²) in [6.07, 6.45) is 0.602. The van der Waals surface area contributed by atoms with Gasteiger partial charge in [-0.1, -0.05) is 24.3 Å². The lowest BCUT2D eigenvalue weighted by atomic mass is 10.1. The Kier molecular flexibility index (Phi) is 4.01. The molecule has 1 unspecified atom stereocenters. The predicted octanol–water partition coefficient (Wildman–Crippen LogP) is 0.548. The summed E-state index contributed by atoms with van der Waals surface area (Å²) in [6.45, 7) is -0.00909. The standard InChI is InChI=1S/C10H11NO3/c12-6-10(14)9-3-1-8(2-4-9)5-11-7-13/h1-4,10,12,14H,5-6H2. The van der Waals surface area contributed by atoms with Gasteiger partial charge in [0.2, 0.25) is 6.08 Å². The number of aliphatic imine (C=N–C) groups is 1. The van der Waals surface area contributed by atoms with E-state index in [9.17, 15) is 9.90 Å². The van der Waals surface area contributed by atoms with Crippen LogP contribution in [-0.2, 0) is 11.3 Å². The van der Waals surface area contributed by atoms with Crippen molar-refractivity contribution in [2.75, 3.05) is 6.61 Å². The van der Waals surface area contributed by atoms with Crippen LogP contribution in [0.1, 0.15) is 17.2 Å². The first-order chi connectivity index (χ1) is 6.77. The minimum atomic E-state index is -0.848. The third-order valence-electron chi connectivity index (χ3n) is 1.86. The van der Waals surface area contributed by atoms with E-state index in [1.165, 1.54) is 6.08 Å². The van der Waals surface area contributed by atoms with E-state index >= 15 is 0 Å². The quantitative estimate of drug-likeness (QED) is 0.542. The zero-order valence-corrected chi connectivity index (χ0v) is 7.55. The molecule has 0 radical (unpaired) electrons. The summed E-state index contributed by atoms with van der Waals surface area (Å²) < 4.78 is 0. The molecule has 0 aliphatic heterocycles. The summed E-state index contributed by atoms with van der Waals surface area (Å²) in [5, 5.41) is 17.9. The van der Waals surface area contributed by atoms with E-state index in [1.54, 1.807) is 24.3 Å². The summed E-state index contributed by atoms with van der Waals surface area (Å²) >= 11 is 0. The van der Waals surface area contributed by atoms with Crippen LogP contribution in [0, 0.1) is 0 Å². The van der Waals surface area contributed by atoms with Gasteiger partial charge in [0.15, 0.2) is 0 Å². The molecule has 0 aliphatic carbocycles. The average Bonchev–Trinajstić information content (AvgIpc) is 2.26. The van der Waals surface area contributed by atoms with Crippen LogP contribution >= 0.6 is 0 Å². The van der Waals surface area contributed by atoms with Crippen molar-refractivity contribution < 1.29 is 15.0 Å². The highest BCUT2D eigenvalue weighted by atomic mass is 16.3. The first-order valence-corrected chi connectivity index (χ1v) is 4.19. The fraction of sp³-hybridized carbons (Fsp3) is 0.300. The van der Waals surface area contributed by atoms with Crippen molar-refractivity contribution in [2.45, 2.75) is 12.6 Å². The van der Waals surface area contributed by atoms with Gasteiger partial charge in [-0.3, -0.25) is 0 Å². The van der Waals surface area contributed by atoms with E-state index < -0.39 is 6.10 Å². The molecule has 0 amide bonds. The van der Waals surface area contributed by atoms with Crippen LogP contribution < -0.4 is 0 Å². The highest BCUT2D eigenvalue weighted by Crippen LogP contribution is 2.13. The van der Waals surface area contributed by atoms with Crippen LogP contribution in [0.3, 0.4) is 0 Å². The molecule has 0 fully saturated rings. The van der Waals surface area contributed by atoms with Crippen LogP contribution in [0.5, 0.6) is 0 Å². The van der Waals surface area contributed by atoms with Gasteiger partial charge < -0.3 is 10.2 Å². The van der Waals surface area contributed by atoms with Gasteiger partial charge in [0.25, 0.3) is 0 Å². The van der Waals surface area contributed by atoms with Crippen LogP contribution in [0.15, 0.2) is 29.3 Å². The minimum absolute atomic E-state index is 0.291. The molecule has 2 N–H and O–H groups in total. The average molecular weight is 193 g/mol. The third kappa shape index (κ3) is 2.78. The van der Waals surface area contributed by atoms with Crippen molar-refractivity contribution in [1.82, 2.24) is 0 Å².